The molecule has 13 heavy (non-hydrogen) atoms. The van der Waals surface area contributed by atoms with Crippen LogP contribution in [0.4, 0.5) is 0 Å². The van der Waals surface area contributed by atoms with Gasteiger partial charge in [0.25, 0.3) is 0 Å². The Kier molecular flexibility index (Phi) is 5.88. The van der Waals surface area contributed by atoms with Gasteiger partial charge in [0.1, 0.15) is 5.76 Å². The first-order chi connectivity index (χ1) is 5.74. The molecule has 0 saturated heterocycles. The van der Waals surface area contributed by atoms with Gasteiger partial charge < -0.3 is 10.2 Å². The van der Waals surface area contributed by atoms with Crippen LogP contribution < -0.4 is 5.73 Å². The third-order valence-electron chi connectivity index (χ3n) is 1.64. The van der Waals surface area contributed by atoms with Crippen LogP contribution in [0.25, 0.3) is 0 Å². The van der Waals surface area contributed by atoms with Gasteiger partial charge in [0, 0.05) is 0 Å². The number of furan rings is 1. The fraction of sp³-hybridized carbons (Fsp3) is 0.333. The smallest absolute Gasteiger partial charge is 0.193 e. The molecule has 0 unspecified atom stereocenters. The number of nitrogens with two attached hydrogens (primary N) is 1. The molecule has 0 aliphatic rings. The molecule has 1 atom stereocenters. The van der Waals surface area contributed by atoms with Crippen LogP contribution >= 0.6 is 24.0 Å². The Morgan fingerprint density at radius 2 is 2.31 bits per heavy atom. The van der Waals surface area contributed by atoms with Crippen molar-refractivity contribution in [3.8, 4) is 0 Å². The summed E-state index contributed by atoms with van der Waals surface area (Å²) < 4.78 is 5.15. The molecule has 74 valence electrons. The number of allylic oxidation sites excluding steroid dienone is 1. The van der Waals surface area contributed by atoms with E-state index in [9.17, 15) is 0 Å². The van der Waals surface area contributed by atoms with Crippen LogP contribution in [0.2, 0.25) is 5.22 Å². The van der Waals surface area contributed by atoms with Crippen LogP contribution in [-0.4, -0.2) is 0 Å². The van der Waals surface area contributed by atoms with E-state index in [1.165, 1.54) is 0 Å². The second-order valence-corrected chi connectivity index (χ2v) is 2.99. The molecule has 2 N–H and O–H groups in total. The zero-order valence-electron chi connectivity index (χ0n) is 7.20. The predicted octanol–water partition coefficient (Wildman–Crippen LogP) is 3.32. The van der Waals surface area contributed by atoms with Crippen molar-refractivity contribution in [2.75, 3.05) is 0 Å². The minimum atomic E-state index is -0.0736. The van der Waals surface area contributed by atoms with E-state index >= 15 is 0 Å². The second kappa shape index (κ2) is 6.08. The first-order valence-corrected chi connectivity index (χ1v) is 4.23. The summed E-state index contributed by atoms with van der Waals surface area (Å²) in [4.78, 5) is 0. The van der Waals surface area contributed by atoms with Crippen molar-refractivity contribution in [3.63, 3.8) is 0 Å². The van der Waals surface area contributed by atoms with Crippen molar-refractivity contribution in [1.29, 1.82) is 0 Å². The molecule has 1 heterocycles. The van der Waals surface area contributed by atoms with E-state index in [-0.39, 0.29) is 18.4 Å². The van der Waals surface area contributed by atoms with Gasteiger partial charge in [0.15, 0.2) is 5.22 Å². The van der Waals surface area contributed by atoms with Crippen LogP contribution in [-0.2, 0) is 0 Å². The van der Waals surface area contributed by atoms with Crippen LogP contribution in [0.3, 0.4) is 0 Å². The third kappa shape index (κ3) is 3.85. The summed E-state index contributed by atoms with van der Waals surface area (Å²) in [5.41, 5.74) is 5.79. The molecule has 0 bridgehead atoms. The lowest BCUT2D eigenvalue weighted by molar-refractivity contribution is 0.455. The van der Waals surface area contributed by atoms with E-state index in [1.54, 1.807) is 12.1 Å². The molecule has 0 spiro atoms. The number of hydrogen-bond acceptors (Lipinski definition) is 2. The lowest BCUT2D eigenvalue weighted by Gasteiger charge is -2.05. The molecular formula is C9H13Cl2NO. The van der Waals surface area contributed by atoms with Crippen molar-refractivity contribution in [3.05, 3.63) is 35.8 Å². The second-order valence-electron chi connectivity index (χ2n) is 2.61. The standard InChI is InChI=1S/C9H12ClNO.ClH/c1-2-3-4-7(11)8-5-6-9(10)12-8;/h2,5-7H,1,3-4,11H2;1H/t7-;/m0./s1. The normalized spacial score (nSPS) is 11.8. The molecule has 0 aliphatic heterocycles. The number of rotatable bonds is 4. The van der Waals surface area contributed by atoms with Gasteiger partial charge in [-0.3, -0.25) is 0 Å². The van der Waals surface area contributed by atoms with Crippen molar-refractivity contribution in [1.82, 2.24) is 0 Å². The Morgan fingerprint density at radius 1 is 1.62 bits per heavy atom. The van der Waals surface area contributed by atoms with E-state index in [0.717, 1.165) is 18.6 Å². The zero-order valence-corrected chi connectivity index (χ0v) is 8.77. The molecule has 1 aromatic rings. The zero-order chi connectivity index (χ0) is 8.97. The molecule has 0 aromatic carbocycles. The van der Waals surface area contributed by atoms with Crippen molar-refractivity contribution in [2.24, 2.45) is 5.73 Å². The Morgan fingerprint density at radius 3 is 2.77 bits per heavy atom. The Hall–Kier alpha value is -0.440. The lowest BCUT2D eigenvalue weighted by Crippen LogP contribution is -2.08. The maximum Gasteiger partial charge on any atom is 0.193 e. The first kappa shape index (κ1) is 12.6. The molecule has 1 aromatic heterocycles. The first-order valence-electron chi connectivity index (χ1n) is 3.85. The Labute approximate surface area is 89.2 Å². The van der Waals surface area contributed by atoms with Crippen LogP contribution in [0.15, 0.2) is 29.2 Å². The molecule has 0 radical (unpaired) electrons. The summed E-state index contributed by atoms with van der Waals surface area (Å²) in [6, 6.07) is 3.43. The fourth-order valence-corrected chi connectivity index (χ4v) is 1.12. The molecule has 0 fully saturated rings. The molecule has 0 amide bonds. The molecule has 4 heteroatoms. The largest absolute Gasteiger partial charge is 0.448 e. The lowest BCUT2D eigenvalue weighted by atomic mass is 10.1. The number of halogens is 2. The van der Waals surface area contributed by atoms with Gasteiger partial charge in [0.05, 0.1) is 6.04 Å². The molecule has 2 nitrogen and oxygen atoms in total. The average molecular weight is 222 g/mol. The maximum absolute atomic E-state index is 5.79. The third-order valence-corrected chi connectivity index (χ3v) is 1.84. The summed E-state index contributed by atoms with van der Waals surface area (Å²) in [6.45, 7) is 3.62. The maximum atomic E-state index is 5.79. The van der Waals surface area contributed by atoms with Gasteiger partial charge in [-0.2, -0.15) is 0 Å². The highest BCUT2D eigenvalue weighted by molar-refractivity contribution is 6.28. The van der Waals surface area contributed by atoms with Gasteiger partial charge >= 0.3 is 0 Å². The van der Waals surface area contributed by atoms with Gasteiger partial charge in [-0.15, -0.1) is 19.0 Å². The van der Waals surface area contributed by atoms with E-state index in [2.05, 4.69) is 6.58 Å². The van der Waals surface area contributed by atoms with Crippen LogP contribution in [0, 0.1) is 0 Å². The highest BCUT2D eigenvalue weighted by Gasteiger charge is 2.08. The molecule has 0 aliphatic carbocycles. The Bertz CT molecular complexity index is 260. The summed E-state index contributed by atoms with van der Waals surface area (Å²) >= 11 is 5.60. The van der Waals surface area contributed by atoms with Gasteiger partial charge in [-0.25, -0.2) is 0 Å². The van der Waals surface area contributed by atoms with E-state index in [4.69, 9.17) is 21.8 Å². The summed E-state index contributed by atoms with van der Waals surface area (Å²) in [7, 11) is 0. The fourth-order valence-electron chi connectivity index (χ4n) is 0.967. The summed E-state index contributed by atoms with van der Waals surface area (Å²) in [6.07, 6.45) is 3.57. The monoisotopic (exact) mass is 221 g/mol. The minimum Gasteiger partial charge on any atom is -0.448 e. The van der Waals surface area contributed by atoms with E-state index in [0.29, 0.717) is 5.22 Å². The van der Waals surface area contributed by atoms with Crippen molar-refractivity contribution in [2.45, 2.75) is 18.9 Å². The van der Waals surface area contributed by atoms with Gasteiger partial charge in [-0.05, 0) is 36.6 Å². The van der Waals surface area contributed by atoms with Crippen molar-refractivity contribution < 1.29 is 4.42 Å². The SMILES string of the molecule is C=CCC[C@H](N)c1ccc(Cl)o1.Cl. The Balaban J connectivity index is 0.00000144. The van der Waals surface area contributed by atoms with E-state index in [1.807, 2.05) is 6.08 Å². The van der Waals surface area contributed by atoms with Gasteiger partial charge in [0.2, 0.25) is 0 Å². The minimum absolute atomic E-state index is 0. The highest BCUT2D eigenvalue weighted by atomic mass is 35.5. The van der Waals surface area contributed by atoms with E-state index < -0.39 is 0 Å². The summed E-state index contributed by atoms with van der Waals surface area (Å²) in [5, 5.41) is 0.388. The highest BCUT2D eigenvalue weighted by Crippen LogP contribution is 2.21. The average Bonchev–Trinajstić information content (AvgIpc) is 2.47. The van der Waals surface area contributed by atoms with Crippen molar-refractivity contribution >= 4 is 24.0 Å². The summed E-state index contributed by atoms with van der Waals surface area (Å²) in [5.74, 6) is 0.738. The topological polar surface area (TPSA) is 39.2 Å². The van der Waals surface area contributed by atoms with Crippen LogP contribution in [0.5, 0.6) is 0 Å². The van der Waals surface area contributed by atoms with Crippen LogP contribution in [0.1, 0.15) is 24.6 Å². The van der Waals surface area contributed by atoms with Gasteiger partial charge in [-0.1, -0.05) is 6.08 Å². The molecule has 0 saturated carbocycles. The number of hydrogen-bond donors (Lipinski definition) is 1. The molecule has 1 rings (SSSR count). The predicted molar refractivity (Wildman–Crippen MR) is 57.3 cm³/mol. The quantitative estimate of drug-likeness (QED) is 0.793. The molecular weight excluding hydrogens is 209 g/mol.